The highest BCUT2D eigenvalue weighted by Crippen LogP contribution is 2.23. The molecule has 0 radical (unpaired) electrons. The molecule has 0 spiro atoms. The number of benzene rings is 1. The summed E-state index contributed by atoms with van der Waals surface area (Å²) >= 11 is 5.96. The zero-order chi connectivity index (χ0) is 13.3. The molecule has 0 bridgehead atoms. The van der Waals surface area contributed by atoms with Crippen molar-refractivity contribution in [3.8, 4) is 5.69 Å². The van der Waals surface area contributed by atoms with Crippen LogP contribution in [-0.2, 0) is 0 Å². The molecule has 2 aromatic rings. The van der Waals surface area contributed by atoms with Gasteiger partial charge in [0.15, 0.2) is 0 Å². The molecule has 1 aromatic carbocycles. The number of imidazole rings is 1. The molecule has 2 rings (SSSR count). The van der Waals surface area contributed by atoms with Gasteiger partial charge in [0.25, 0.3) is 0 Å². The van der Waals surface area contributed by atoms with E-state index < -0.39 is 5.97 Å². The standard InChI is InChI=1S/C13H13ClN2O2/c1-8(2)12-6-15-7-16(12)9-3-4-10(13(17)18)11(14)5-9/h3-8H,1-2H3,(H,17,18). The van der Waals surface area contributed by atoms with Crippen LogP contribution in [0.15, 0.2) is 30.7 Å². The van der Waals surface area contributed by atoms with Crippen molar-refractivity contribution in [2.75, 3.05) is 0 Å². The average molecular weight is 265 g/mol. The Balaban J connectivity index is 2.49. The van der Waals surface area contributed by atoms with E-state index in [4.69, 9.17) is 16.7 Å². The summed E-state index contributed by atoms with van der Waals surface area (Å²) in [5, 5.41) is 9.15. The highest BCUT2D eigenvalue weighted by atomic mass is 35.5. The molecule has 1 aromatic heterocycles. The topological polar surface area (TPSA) is 55.1 Å². The summed E-state index contributed by atoms with van der Waals surface area (Å²) in [4.78, 5) is 15.0. The maximum Gasteiger partial charge on any atom is 0.337 e. The number of carbonyl (C=O) groups is 1. The molecule has 0 amide bonds. The molecular weight excluding hydrogens is 252 g/mol. The number of carboxylic acid groups (broad SMARTS) is 1. The van der Waals surface area contributed by atoms with Gasteiger partial charge in [0.1, 0.15) is 0 Å². The molecule has 94 valence electrons. The Kier molecular flexibility index (Phi) is 3.39. The largest absolute Gasteiger partial charge is 0.478 e. The predicted molar refractivity (Wildman–Crippen MR) is 69.6 cm³/mol. The Hall–Kier alpha value is -1.81. The second-order valence-electron chi connectivity index (χ2n) is 4.31. The van der Waals surface area contributed by atoms with Crippen LogP contribution in [-0.4, -0.2) is 20.6 Å². The maximum atomic E-state index is 10.9. The SMILES string of the molecule is CC(C)c1cncn1-c1ccc(C(=O)O)c(Cl)c1. The summed E-state index contributed by atoms with van der Waals surface area (Å²) < 4.78 is 1.90. The minimum absolute atomic E-state index is 0.103. The second-order valence-corrected chi connectivity index (χ2v) is 4.72. The second kappa shape index (κ2) is 4.82. The summed E-state index contributed by atoms with van der Waals surface area (Å²) in [6.45, 7) is 4.14. The smallest absolute Gasteiger partial charge is 0.337 e. The van der Waals surface area contributed by atoms with Gasteiger partial charge in [-0.25, -0.2) is 9.78 Å². The van der Waals surface area contributed by atoms with Gasteiger partial charge in [0, 0.05) is 17.6 Å². The third-order valence-electron chi connectivity index (χ3n) is 2.72. The van der Waals surface area contributed by atoms with Gasteiger partial charge in [-0.15, -0.1) is 0 Å². The van der Waals surface area contributed by atoms with Crippen LogP contribution < -0.4 is 0 Å². The van der Waals surface area contributed by atoms with E-state index in [-0.39, 0.29) is 10.6 Å². The first-order valence-corrected chi connectivity index (χ1v) is 5.94. The zero-order valence-electron chi connectivity index (χ0n) is 10.1. The van der Waals surface area contributed by atoms with Crippen LogP contribution in [0.5, 0.6) is 0 Å². The molecule has 1 heterocycles. The van der Waals surface area contributed by atoms with Crippen LogP contribution in [0.2, 0.25) is 5.02 Å². The summed E-state index contributed by atoms with van der Waals surface area (Å²) in [6, 6.07) is 4.87. The molecule has 0 aliphatic carbocycles. The van der Waals surface area contributed by atoms with E-state index in [2.05, 4.69) is 18.8 Å². The van der Waals surface area contributed by atoms with Crippen LogP contribution in [0.25, 0.3) is 5.69 Å². The lowest BCUT2D eigenvalue weighted by atomic mass is 10.1. The minimum atomic E-state index is -1.03. The molecule has 0 atom stereocenters. The Labute approximate surface area is 110 Å². The first-order valence-electron chi connectivity index (χ1n) is 5.56. The summed E-state index contributed by atoms with van der Waals surface area (Å²) in [5.41, 5.74) is 1.96. The average Bonchev–Trinajstić information content (AvgIpc) is 2.77. The Morgan fingerprint density at radius 2 is 2.17 bits per heavy atom. The Bertz CT molecular complexity index is 590. The molecule has 0 aliphatic heterocycles. The molecule has 4 nitrogen and oxygen atoms in total. The van der Waals surface area contributed by atoms with Crippen molar-refractivity contribution < 1.29 is 9.90 Å². The molecular formula is C13H13ClN2O2. The third-order valence-corrected chi connectivity index (χ3v) is 3.03. The van der Waals surface area contributed by atoms with Crippen LogP contribution in [0.4, 0.5) is 0 Å². The number of aromatic nitrogens is 2. The predicted octanol–water partition coefficient (Wildman–Crippen LogP) is 3.35. The third kappa shape index (κ3) is 2.24. The lowest BCUT2D eigenvalue weighted by molar-refractivity contribution is 0.0697. The first-order chi connectivity index (χ1) is 8.50. The number of hydrogen-bond acceptors (Lipinski definition) is 2. The zero-order valence-corrected chi connectivity index (χ0v) is 10.8. The fourth-order valence-corrected chi connectivity index (χ4v) is 2.03. The monoisotopic (exact) mass is 264 g/mol. The van der Waals surface area contributed by atoms with Crippen molar-refractivity contribution in [1.82, 2.24) is 9.55 Å². The number of hydrogen-bond donors (Lipinski definition) is 1. The molecule has 0 saturated carbocycles. The lowest BCUT2D eigenvalue weighted by Gasteiger charge is -2.11. The highest BCUT2D eigenvalue weighted by Gasteiger charge is 2.12. The van der Waals surface area contributed by atoms with Crippen LogP contribution in [0.3, 0.4) is 0 Å². The van der Waals surface area contributed by atoms with Gasteiger partial charge < -0.3 is 9.67 Å². The van der Waals surface area contributed by atoms with Crippen molar-refractivity contribution in [1.29, 1.82) is 0 Å². The van der Waals surface area contributed by atoms with Gasteiger partial charge in [0.05, 0.1) is 16.9 Å². The van der Waals surface area contributed by atoms with E-state index in [0.29, 0.717) is 5.92 Å². The van der Waals surface area contributed by atoms with E-state index >= 15 is 0 Å². The van der Waals surface area contributed by atoms with E-state index in [1.807, 2.05) is 4.57 Å². The summed E-state index contributed by atoms with van der Waals surface area (Å²) in [5.74, 6) is -0.702. The van der Waals surface area contributed by atoms with Gasteiger partial charge in [-0.3, -0.25) is 0 Å². The van der Waals surface area contributed by atoms with Gasteiger partial charge >= 0.3 is 5.97 Å². The van der Waals surface area contributed by atoms with Crippen LogP contribution >= 0.6 is 11.6 Å². The molecule has 0 fully saturated rings. The summed E-state index contributed by atoms with van der Waals surface area (Å²) in [7, 11) is 0. The minimum Gasteiger partial charge on any atom is -0.478 e. The van der Waals surface area contributed by atoms with Crippen molar-refractivity contribution >= 4 is 17.6 Å². The number of halogens is 1. The van der Waals surface area contributed by atoms with Gasteiger partial charge in [-0.1, -0.05) is 25.4 Å². The maximum absolute atomic E-state index is 10.9. The number of nitrogens with zero attached hydrogens (tertiary/aromatic N) is 2. The fourth-order valence-electron chi connectivity index (χ4n) is 1.78. The number of aromatic carboxylic acids is 1. The van der Waals surface area contributed by atoms with Crippen molar-refractivity contribution in [3.63, 3.8) is 0 Å². The number of rotatable bonds is 3. The van der Waals surface area contributed by atoms with Crippen molar-refractivity contribution in [2.24, 2.45) is 0 Å². The molecule has 1 N–H and O–H groups in total. The molecule has 18 heavy (non-hydrogen) atoms. The van der Waals surface area contributed by atoms with Crippen molar-refractivity contribution in [2.45, 2.75) is 19.8 Å². The normalized spacial score (nSPS) is 10.9. The lowest BCUT2D eigenvalue weighted by Crippen LogP contribution is -2.03. The van der Waals surface area contributed by atoms with Gasteiger partial charge in [0.2, 0.25) is 0 Å². The van der Waals surface area contributed by atoms with Gasteiger partial charge in [-0.05, 0) is 24.1 Å². The summed E-state index contributed by atoms with van der Waals surface area (Å²) in [6.07, 6.45) is 3.49. The molecule has 0 unspecified atom stereocenters. The highest BCUT2D eigenvalue weighted by molar-refractivity contribution is 6.33. The molecule has 0 aliphatic rings. The van der Waals surface area contributed by atoms with Gasteiger partial charge in [-0.2, -0.15) is 0 Å². The molecule has 5 heteroatoms. The van der Waals surface area contributed by atoms with Crippen molar-refractivity contribution in [3.05, 3.63) is 47.0 Å². The van der Waals surface area contributed by atoms with Crippen LogP contribution in [0.1, 0.15) is 35.8 Å². The fraction of sp³-hybridized carbons (Fsp3) is 0.231. The molecule has 0 saturated heterocycles. The Morgan fingerprint density at radius 3 is 2.72 bits per heavy atom. The van der Waals surface area contributed by atoms with E-state index in [1.54, 1.807) is 24.7 Å². The van der Waals surface area contributed by atoms with E-state index in [1.165, 1.54) is 6.07 Å². The quantitative estimate of drug-likeness (QED) is 0.925. The van der Waals surface area contributed by atoms with E-state index in [9.17, 15) is 4.79 Å². The van der Waals surface area contributed by atoms with E-state index in [0.717, 1.165) is 11.4 Å². The Morgan fingerprint density at radius 1 is 1.44 bits per heavy atom. The number of carboxylic acids is 1. The van der Waals surface area contributed by atoms with Crippen LogP contribution in [0, 0.1) is 0 Å². The first kappa shape index (κ1) is 12.6.